The lowest BCUT2D eigenvalue weighted by molar-refractivity contribution is 0.969. The molecule has 1 aromatic carbocycles. The minimum Gasteiger partial charge on any atom is -0.339 e. The van der Waals surface area contributed by atoms with Gasteiger partial charge >= 0.3 is 0 Å². The summed E-state index contributed by atoms with van der Waals surface area (Å²) < 4.78 is 0. The summed E-state index contributed by atoms with van der Waals surface area (Å²) in [4.78, 5) is 8.32. The Kier molecular flexibility index (Phi) is 4.03. The number of benzene rings is 1. The summed E-state index contributed by atoms with van der Waals surface area (Å²) in [6, 6.07) is 9.24. The standard InChI is InChI=1S/C12H9ClN4S/c1-18-12-15-7-8(6-14)11(17-12)16-10-4-2-9(13)3-5-10/h2-5,7H,1H3,(H,15,16,17). The molecule has 6 heteroatoms. The molecule has 0 saturated heterocycles. The van der Waals surface area contributed by atoms with Crippen LogP contribution in [-0.2, 0) is 0 Å². The number of rotatable bonds is 3. The third kappa shape index (κ3) is 2.92. The number of aromatic nitrogens is 2. The van der Waals surface area contributed by atoms with Gasteiger partial charge in [-0.25, -0.2) is 9.97 Å². The molecule has 0 spiro atoms. The van der Waals surface area contributed by atoms with Crippen molar-refractivity contribution in [1.82, 2.24) is 9.97 Å². The molecule has 0 bridgehead atoms. The fourth-order valence-corrected chi connectivity index (χ4v) is 1.78. The van der Waals surface area contributed by atoms with Gasteiger partial charge in [0.2, 0.25) is 0 Å². The molecular formula is C12H9ClN4S. The van der Waals surface area contributed by atoms with Gasteiger partial charge in [-0.15, -0.1) is 0 Å². The molecule has 1 N–H and O–H groups in total. The van der Waals surface area contributed by atoms with E-state index in [1.165, 1.54) is 18.0 Å². The van der Waals surface area contributed by atoms with E-state index in [0.29, 0.717) is 21.6 Å². The molecule has 0 amide bonds. The highest BCUT2D eigenvalue weighted by Gasteiger charge is 2.06. The highest BCUT2D eigenvalue weighted by atomic mass is 35.5. The minimum absolute atomic E-state index is 0.405. The first-order valence-corrected chi connectivity index (χ1v) is 6.67. The molecule has 0 radical (unpaired) electrons. The van der Waals surface area contributed by atoms with Crippen molar-refractivity contribution in [2.75, 3.05) is 11.6 Å². The van der Waals surface area contributed by atoms with Crippen LogP contribution in [0.2, 0.25) is 5.02 Å². The number of anilines is 2. The van der Waals surface area contributed by atoms with E-state index in [-0.39, 0.29) is 0 Å². The maximum atomic E-state index is 9.01. The molecule has 0 saturated carbocycles. The average Bonchev–Trinajstić information content (AvgIpc) is 2.41. The van der Waals surface area contributed by atoms with Gasteiger partial charge in [0.05, 0.1) is 6.20 Å². The summed E-state index contributed by atoms with van der Waals surface area (Å²) >= 11 is 7.23. The zero-order valence-corrected chi connectivity index (χ0v) is 11.1. The quantitative estimate of drug-likeness (QED) is 0.687. The first-order valence-electron chi connectivity index (χ1n) is 5.06. The van der Waals surface area contributed by atoms with Gasteiger partial charge in [0.15, 0.2) is 11.0 Å². The number of thioether (sulfide) groups is 1. The van der Waals surface area contributed by atoms with Crippen LogP contribution in [0.5, 0.6) is 0 Å². The SMILES string of the molecule is CSc1ncc(C#N)c(Nc2ccc(Cl)cc2)n1. The van der Waals surface area contributed by atoms with E-state index in [1.54, 1.807) is 12.1 Å². The Labute approximate surface area is 114 Å². The zero-order valence-electron chi connectivity index (χ0n) is 9.51. The van der Waals surface area contributed by atoms with Crippen LogP contribution in [0, 0.1) is 11.3 Å². The number of halogens is 1. The van der Waals surface area contributed by atoms with Gasteiger partial charge in [0, 0.05) is 10.7 Å². The third-order valence-electron chi connectivity index (χ3n) is 2.18. The first kappa shape index (κ1) is 12.7. The Bertz CT molecular complexity index is 592. The number of nitriles is 1. The fraction of sp³-hybridized carbons (Fsp3) is 0.0833. The normalized spacial score (nSPS) is 9.83. The highest BCUT2D eigenvalue weighted by Crippen LogP contribution is 2.21. The Morgan fingerprint density at radius 3 is 2.67 bits per heavy atom. The highest BCUT2D eigenvalue weighted by molar-refractivity contribution is 7.98. The average molecular weight is 277 g/mol. The molecule has 90 valence electrons. The van der Waals surface area contributed by atoms with Crippen LogP contribution in [-0.4, -0.2) is 16.2 Å². The van der Waals surface area contributed by atoms with Crippen molar-refractivity contribution in [1.29, 1.82) is 5.26 Å². The lowest BCUT2D eigenvalue weighted by atomic mass is 10.3. The second-order valence-corrected chi connectivity index (χ2v) is 4.57. The van der Waals surface area contributed by atoms with Crippen molar-refractivity contribution in [3.8, 4) is 6.07 Å². The van der Waals surface area contributed by atoms with Crippen molar-refractivity contribution >= 4 is 34.9 Å². The number of nitrogens with one attached hydrogen (secondary N) is 1. The Morgan fingerprint density at radius 2 is 2.06 bits per heavy atom. The summed E-state index contributed by atoms with van der Waals surface area (Å²) in [5.74, 6) is 0.499. The maximum Gasteiger partial charge on any atom is 0.189 e. The number of hydrogen-bond acceptors (Lipinski definition) is 5. The summed E-state index contributed by atoms with van der Waals surface area (Å²) in [5.41, 5.74) is 1.23. The third-order valence-corrected chi connectivity index (χ3v) is 2.99. The second kappa shape index (κ2) is 5.71. The van der Waals surface area contributed by atoms with Crippen molar-refractivity contribution in [2.24, 2.45) is 0 Å². The van der Waals surface area contributed by atoms with Gasteiger partial charge in [-0.05, 0) is 30.5 Å². The summed E-state index contributed by atoms with van der Waals surface area (Å²) in [6.45, 7) is 0. The van der Waals surface area contributed by atoms with Gasteiger partial charge in [0.1, 0.15) is 11.6 Å². The molecule has 0 aliphatic heterocycles. The Balaban J connectivity index is 2.32. The molecule has 2 aromatic rings. The summed E-state index contributed by atoms with van der Waals surface area (Å²) in [6.07, 6.45) is 3.39. The van der Waals surface area contributed by atoms with E-state index in [4.69, 9.17) is 16.9 Å². The Hall–Kier alpha value is -1.77. The van der Waals surface area contributed by atoms with E-state index in [1.807, 2.05) is 18.4 Å². The lowest BCUT2D eigenvalue weighted by Crippen LogP contribution is -1.99. The molecule has 0 unspecified atom stereocenters. The molecule has 0 fully saturated rings. The van der Waals surface area contributed by atoms with E-state index < -0.39 is 0 Å². The molecular weight excluding hydrogens is 268 g/mol. The fourth-order valence-electron chi connectivity index (χ4n) is 1.31. The van der Waals surface area contributed by atoms with E-state index in [9.17, 15) is 0 Å². The Morgan fingerprint density at radius 1 is 1.33 bits per heavy atom. The van der Waals surface area contributed by atoms with Crippen LogP contribution in [0.1, 0.15) is 5.56 Å². The second-order valence-electron chi connectivity index (χ2n) is 3.36. The van der Waals surface area contributed by atoms with Crippen LogP contribution < -0.4 is 5.32 Å². The van der Waals surface area contributed by atoms with E-state index in [2.05, 4.69) is 21.4 Å². The topological polar surface area (TPSA) is 61.6 Å². The molecule has 4 nitrogen and oxygen atoms in total. The molecule has 18 heavy (non-hydrogen) atoms. The van der Waals surface area contributed by atoms with Gasteiger partial charge in [-0.2, -0.15) is 5.26 Å². The monoisotopic (exact) mass is 276 g/mol. The molecule has 0 atom stereocenters. The molecule has 0 aliphatic rings. The van der Waals surface area contributed by atoms with Crippen LogP contribution in [0.4, 0.5) is 11.5 Å². The van der Waals surface area contributed by atoms with Crippen molar-refractivity contribution < 1.29 is 0 Å². The molecule has 1 aromatic heterocycles. The minimum atomic E-state index is 0.405. The van der Waals surface area contributed by atoms with Crippen molar-refractivity contribution in [2.45, 2.75) is 5.16 Å². The molecule has 2 rings (SSSR count). The van der Waals surface area contributed by atoms with Crippen LogP contribution in [0.3, 0.4) is 0 Å². The van der Waals surface area contributed by atoms with Gasteiger partial charge < -0.3 is 5.32 Å². The lowest BCUT2D eigenvalue weighted by Gasteiger charge is -2.07. The smallest absolute Gasteiger partial charge is 0.189 e. The van der Waals surface area contributed by atoms with Crippen molar-refractivity contribution in [3.63, 3.8) is 0 Å². The number of hydrogen-bond donors (Lipinski definition) is 1. The van der Waals surface area contributed by atoms with Gasteiger partial charge in [-0.1, -0.05) is 23.4 Å². The van der Waals surface area contributed by atoms with Crippen LogP contribution >= 0.6 is 23.4 Å². The van der Waals surface area contributed by atoms with Crippen LogP contribution in [0.25, 0.3) is 0 Å². The number of nitrogens with zero attached hydrogens (tertiary/aromatic N) is 3. The zero-order chi connectivity index (χ0) is 13.0. The maximum absolute atomic E-state index is 9.01. The van der Waals surface area contributed by atoms with Crippen molar-refractivity contribution in [3.05, 3.63) is 41.0 Å². The van der Waals surface area contributed by atoms with Gasteiger partial charge in [0.25, 0.3) is 0 Å². The van der Waals surface area contributed by atoms with Gasteiger partial charge in [-0.3, -0.25) is 0 Å². The predicted molar refractivity (Wildman–Crippen MR) is 73.3 cm³/mol. The summed E-state index contributed by atoms with van der Waals surface area (Å²) in [7, 11) is 0. The largest absolute Gasteiger partial charge is 0.339 e. The van der Waals surface area contributed by atoms with E-state index in [0.717, 1.165) is 5.69 Å². The van der Waals surface area contributed by atoms with Crippen LogP contribution in [0.15, 0.2) is 35.6 Å². The van der Waals surface area contributed by atoms with E-state index >= 15 is 0 Å². The summed E-state index contributed by atoms with van der Waals surface area (Å²) in [5, 5.41) is 13.4. The molecule has 0 aliphatic carbocycles. The molecule has 1 heterocycles. The predicted octanol–water partition coefficient (Wildman–Crippen LogP) is 3.47. The first-order chi connectivity index (χ1) is 8.72.